The third-order valence-electron chi connectivity index (χ3n) is 10.9. The number of nitrogens with zero attached hydrogens (tertiary/aromatic N) is 10. The first-order valence-electron chi connectivity index (χ1n) is 21.8. The molecule has 26 heteroatoms. The fourth-order valence-corrected chi connectivity index (χ4v) is 6.59. The maximum absolute atomic E-state index is 12.7. The molecular formula is C42H54F6N12O8. The normalized spacial score (nSPS) is 15.3. The van der Waals surface area contributed by atoms with Crippen LogP contribution in [0.25, 0.3) is 0 Å². The number of halogens is 6. The number of ether oxygens (including phenoxy) is 4. The second-order valence-corrected chi connectivity index (χ2v) is 15.6. The van der Waals surface area contributed by atoms with E-state index in [-0.39, 0.29) is 86.3 Å². The molecule has 0 spiro atoms. The summed E-state index contributed by atoms with van der Waals surface area (Å²) in [5.74, 6) is 1.06. The van der Waals surface area contributed by atoms with Crippen molar-refractivity contribution in [1.82, 2.24) is 50.1 Å². The highest BCUT2D eigenvalue weighted by Crippen LogP contribution is 2.29. The summed E-state index contributed by atoms with van der Waals surface area (Å²) in [6.07, 6.45) is -1.92. The van der Waals surface area contributed by atoms with Gasteiger partial charge in [0.15, 0.2) is 0 Å². The number of aromatic nitrogens is 8. The number of piperazine rings is 2. The molecule has 6 rings (SSSR count). The van der Waals surface area contributed by atoms with Crippen LogP contribution in [0.4, 0.5) is 38.2 Å². The Hall–Kier alpha value is -6.44. The van der Waals surface area contributed by atoms with Crippen molar-refractivity contribution in [3.63, 3.8) is 0 Å². The third-order valence-corrected chi connectivity index (χ3v) is 10.9. The Kier molecular flexibility index (Phi) is 19.0. The monoisotopic (exact) mass is 968 g/mol. The second kappa shape index (κ2) is 24.5. The first-order valence-corrected chi connectivity index (χ1v) is 21.8. The molecule has 20 nitrogen and oxygen atoms in total. The zero-order valence-electron chi connectivity index (χ0n) is 37.9. The molecule has 372 valence electrons. The molecule has 0 unspecified atom stereocenters. The minimum atomic E-state index is -4.48. The number of aromatic amines is 2. The van der Waals surface area contributed by atoms with Crippen LogP contribution in [-0.2, 0) is 31.4 Å². The molecule has 6 heterocycles. The Morgan fingerprint density at radius 3 is 1.24 bits per heavy atom. The zero-order chi connectivity index (χ0) is 49.4. The molecule has 2 saturated heterocycles. The average molecular weight is 969 g/mol. The molecule has 4 aromatic rings. The first-order chi connectivity index (χ1) is 32.4. The molecule has 0 aliphatic carbocycles. The summed E-state index contributed by atoms with van der Waals surface area (Å²) >= 11 is 0. The van der Waals surface area contributed by atoms with Gasteiger partial charge in [-0.25, -0.2) is 30.1 Å². The largest absolute Gasteiger partial charge is 0.486 e. The van der Waals surface area contributed by atoms with E-state index in [4.69, 9.17) is 18.9 Å². The number of rotatable bonds is 18. The van der Waals surface area contributed by atoms with Gasteiger partial charge in [-0.15, -0.1) is 0 Å². The van der Waals surface area contributed by atoms with E-state index in [0.29, 0.717) is 87.8 Å². The van der Waals surface area contributed by atoms with Gasteiger partial charge in [0, 0.05) is 77.1 Å². The first kappa shape index (κ1) is 52.5. The summed E-state index contributed by atoms with van der Waals surface area (Å²) in [5.41, 5.74) is -1.56. The summed E-state index contributed by atoms with van der Waals surface area (Å²) in [6, 6.07) is 0. The van der Waals surface area contributed by atoms with Crippen LogP contribution in [0.5, 0.6) is 11.5 Å². The molecule has 2 amide bonds. The Balaban J connectivity index is 0.000000254. The number of hydrogen-bond acceptors (Lipinski definition) is 16. The summed E-state index contributed by atoms with van der Waals surface area (Å²) in [6.45, 7) is 11.4. The summed E-state index contributed by atoms with van der Waals surface area (Å²) in [4.78, 5) is 70.3. The number of amides is 2. The lowest BCUT2D eigenvalue weighted by atomic mass is 10.2. The Morgan fingerprint density at radius 2 is 0.926 bits per heavy atom. The van der Waals surface area contributed by atoms with E-state index in [1.54, 1.807) is 33.4 Å². The molecule has 2 aliphatic heterocycles. The van der Waals surface area contributed by atoms with E-state index in [1.165, 1.54) is 12.4 Å². The zero-order valence-corrected chi connectivity index (χ0v) is 37.9. The fourth-order valence-electron chi connectivity index (χ4n) is 6.59. The van der Waals surface area contributed by atoms with Crippen LogP contribution in [0.1, 0.15) is 61.8 Å². The van der Waals surface area contributed by atoms with E-state index in [0.717, 1.165) is 24.8 Å². The van der Waals surface area contributed by atoms with Gasteiger partial charge in [0.25, 0.3) is 11.1 Å². The topological polar surface area (TPSA) is 227 Å². The van der Waals surface area contributed by atoms with Crippen molar-refractivity contribution in [2.75, 3.05) is 88.6 Å². The van der Waals surface area contributed by atoms with Gasteiger partial charge in [-0.05, 0) is 26.7 Å². The Morgan fingerprint density at radius 1 is 0.588 bits per heavy atom. The molecule has 2 atom stereocenters. The predicted octanol–water partition coefficient (Wildman–Crippen LogP) is 3.60. The van der Waals surface area contributed by atoms with E-state index >= 15 is 0 Å². The van der Waals surface area contributed by atoms with E-state index < -0.39 is 23.5 Å². The highest BCUT2D eigenvalue weighted by Gasteiger charge is 2.33. The van der Waals surface area contributed by atoms with Crippen LogP contribution in [0.15, 0.2) is 46.8 Å². The van der Waals surface area contributed by atoms with E-state index in [2.05, 4.69) is 40.3 Å². The van der Waals surface area contributed by atoms with Crippen LogP contribution < -0.4 is 30.4 Å². The molecule has 4 aromatic heterocycles. The smallest absolute Gasteiger partial charge is 0.419 e. The van der Waals surface area contributed by atoms with Gasteiger partial charge < -0.3 is 38.5 Å². The van der Waals surface area contributed by atoms with Crippen LogP contribution >= 0.6 is 0 Å². The fraction of sp³-hybridized carbons (Fsp3) is 0.571. The molecule has 2 aliphatic rings. The minimum absolute atomic E-state index is 0.0726. The maximum atomic E-state index is 12.7. The van der Waals surface area contributed by atoms with Crippen molar-refractivity contribution >= 4 is 23.7 Å². The quantitative estimate of drug-likeness (QED) is 0.107. The van der Waals surface area contributed by atoms with Crippen molar-refractivity contribution < 1.29 is 54.9 Å². The maximum Gasteiger partial charge on any atom is 0.419 e. The molecule has 0 bridgehead atoms. The molecule has 0 aromatic carbocycles. The van der Waals surface area contributed by atoms with Crippen LogP contribution in [0, 0.1) is 13.8 Å². The van der Waals surface area contributed by atoms with Crippen molar-refractivity contribution in [3.8, 4) is 11.5 Å². The summed E-state index contributed by atoms with van der Waals surface area (Å²) in [7, 11) is 0. The Labute approximate surface area is 386 Å². The average Bonchev–Trinajstić information content (AvgIpc) is 3.33. The third kappa shape index (κ3) is 15.3. The van der Waals surface area contributed by atoms with E-state index in [9.17, 15) is 45.5 Å². The summed E-state index contributed by atoms with van der Waals surface area (Å²) < 4.78 is 98.7. The number of nitrogens with one attached hydrogen (secondary N) is 2. The van der Waals surface area contributed by atoms with Gasteiger partial charge >= 0.3 is 12.4 Å². The van der Waals surface area contributed by atoms with Crippen molar-refractivity contribution in [2.45, 2.75) is 77.9 Å². The standard InChI is InChI=1S/2C21H27F3N6O4/c2*1-3-16(34-17-12-27-28-19(32)14(17)2)13-33-9-4-18(31)29-5-7-30(8-6-29)20-25-10-15(11-26-20)21(22,23)24/h2*10-12,16H,3-9,13H2,1-2H3,(H,28,32)/t2*16-/m10/s1. The van der Waals surface area contributed by atoms with Crippen molar-refractivity contribution in [2.24, 2.45) is 0 Å². The number of anilines is 2. The second-order valence-electron chi connectivity index (χ2n) is 15.6. The molecule has 0 radical (unpaired) electrons. The number of H-pyrrole nitrogens is 2. The van der Waals surface area contributed by atoms with E-state index in [1.807, 2.05) is 13.8 Å². The molecule has 2 N–H and O–H groups in total. The number of carbonyl (C=O) groups excluding carboxylic acids is 2. The molecule has 68 heavy (non-hydrogen) atoms. The van der Waals surface area contributed by atoms with Gasteiger partial charge in [0.05, 0.1) is 73.9 Å². The van der Waals surface area contributed by atoms with Gasteiger partial charge in [0.1, 0.15) is 23.7 Å². The molecule has 0 saturated carbocycles. The lowest BCUT2D eigenvalue weighted by molar-refractivity contribution is -0.138. The van der Waals surface area contributed by atoms with Crippen LogP contribution in [0.2, 0.25) is 0 Å². The highest BCUT2D eigenvalue weighted by atomic mass is 19.4. The number of hydrogen-bond donors (Lipinski definition) is 2. The summed E-state index contributed by atoms with van der Waals surface area (Å²) in [5, 5.41) is 12.1. The van der Waals surface area contributed by atoms with Crippen LogP contribution in [0.3, 0.4) is 0 Å². The van der Waals surface area contributed by atoms with Crippen molar-refractivity contribution in [1.29, 1.82) is 0 Å². The molecule has 2 fully saturated rings. The molecular weight excluding hydrogens is 915 g/mol. The Bertz CT molecular complexity index is 2180. The van der Waals surface area contributed by atoms with Gasteiger partial charge in [-0.1, -0.05) is 13.8 Å². The van der Waals surface area contributed by atoms with Gasteiger partial charge in [-0.2, -0.15) is 36.5 Å². The lowest BCUT2D eigenvalue weighted by Gasteiger charge is -2.34. The van der Waals surface area contributed by atoms with Gasteiger partial charge in [0.2, 0.25) is 23.7 Å². The number of carbonyl (C=O) groups is 2. The number of alkyl halides is 6. The predicted molar refractivity (Wildman–Crippen MR) is 231 cm³/mol. The highest BCUT2D eigenvalue weighted by molar-refractivity contribution is 5.77. The van der Waals surface area contributed by atoms with Crippen LogP contribution in [-0.4, -0.2) is 153 Å². The SMILES string of the molecule is CC[C@@H](COCCC(=O)N1CCN(c2ncc(C(F)(F)F)cn2)CC1)Oc1cn[nH]c(=O)c1C.CC[C@H](COCCC(=O)N1CCN(c2ncc(C(F)(F)F)cn2)CC1)Oc1cn[nH]c(=O)c1C. The van der Waals surface area contributed by atoms with Gasteiger partial charge in [-0.3, -0.25) is 19.2 Å². The lowest BCUT2D eigenvalue weighted by Crippen LogP contribution is -2.49. The van der Waals surface area contributed by atoms with Crippen molar-refractivity contribution in [3.05, 3.63) is 80.1 Å². The minimum Gasteiger partial charge on any atom is -0.486 e.